The number of nitrogens with one attached hydrogen (secondary N) is 1. The van der Waals surface area contributed by atoms with E-state index in [1.165, 1.54) is 31.9 Å². The molecule has 0 radical (unpaired) electrons. The molecule has 0 heterocycles. The van der Waals surface area contributed by atoms with E-state index in [0.717, 1.165) is 13.1 Å². The summed E-state index contributed by atoms with van der Waals surface area (Å²) in [6, 6.07) is 0. The van der Waals surface area contributed by atoms with Crippen LogP contribution in [0.4, 0.5) is 0 Å². The number of sulfone groups is 1. The highest BCUT2D eigenvalue weighted by molar-refractivity contribution is 7.90. The lowest BCUT2D eigenvalue weighted by Crippen LogP contribution is -2.47. The predicted molar refractivity (Wildman–Crippen MR) is 85.9 cm³/mol. The van der Waals surface area contributed by atoms with Crippen LogP contribution in [0.1, 0.15) is 46.5 Å². The molecular weight excluding hydrogens is 272 g/mol. The van der Waals surface area contributed by atoms with E-state index in [-0.39, 0.29) is 11.3 Å². The Labute approximate surface area is 125 Å². The zero-order valence-corrected chi connectivity index (χ0v) is 14.6. The van der Waals surface area contributed by atoms with Crippen molar-refractivity contribution in [1.29, 1.82) is 0 Å². The van der Waals surface area contributed by atoms with Gasteiger partial charge in [-0.1, -0.05) is 12.8 Å². The Balaban J connectivity index is 2.53. The number of nitrogens with zero attached hydrogens (tertiary/aromatic N) is 1. The van der Waals surface area contributed by atoms with Gasteiger partial charge < -0.3 is 10.2 Å². The molecule has 1 saturated carbocycles. The monoisotopic (exact) mass is 304 g/mol. The third-order valence-corrected chi connectivity index (χ3v) is 5.03. The number of hydrogen-bond acceptors (Lipinski definition) is 4. The summed E-state index contributed by atoms with van der Waals surface area (Å²) in [5.41, 5.74) is 0.459. The van der Waals surface area contributed by atoms with Crippen molar-refractivity contribution in [3.05, 3.63) is 0 Å². The summed E-state index contributed by atoms with van der Waals surface area (Å²) in [4.78, 5) is 2.19. The van der Waals surface area contributed by atoms with Crippen LogP contribution in [-0.2, 0) is 9.84 Å². The van der Waals surface area contributed by atoms with Crippen LogP contribution in [0.15, 0.2) is 0 Å². The second-order valence-corrected chi connectivity index (χ2v) is 9.94. The molecule has 0 spiro atoms. The standard InChI is InChI=1S/C15H32N2O2S/c1-14(2,3)16-12-15(8-6-7-9-15)13-17(4)10-11-20(5,18)19/h16H,6-13H2,1-5H3. The lowest BCUT2D eigenvalue weighted by molar-refractivity contribution is 0.166. The summed E-state index contributed by atoms with van der Waals surface area (Å²) < 4.78 is 22.5. The summed E-state index contributed by atoms with van der Waals surface area (Å²) in [5.74, 6) is 0.256. The Morgan fingerprint density at radius 3 is 2.20 bits per heavy atom. The second-order valence-electron chi connectivity index (χ2n) is 7.68. The molecule has 0 bridgehead atoms. The van der Waals surface area contributed by atoms with Crippen molar-refractivity contribution in [1.82, 2.24) is 10.2 Å². The van der Waals surface area contributed by atoms with Crippen molar-refractivity contribution in [2.24, 2.45) is 5.41 Å². The molecule has 1 N–H and O–H groups in total. The first-order valence-corrected chi connectivity index (χ1v) is 9.69. The molecule has 20 heavy (non-hydrogen) atoms. The average molecular weight is 305 g/mol. The van der Waals surface area contributed by atoms with Gasteiger partial charge in [0.15, 0.2) is 0 Å². The molecule has 4 nitrogen and oxygen atoms in total. The first-order chi connectivity index (χ1) is 9.02. The van der Waals surface area contributed by atoms with Crippen molar-refractivity contribution >= 4 is 9.84 Å². The predicted octanol–water partition coefficient (Wildman–Crippen LogP) is 1.91. The van der Waals surface area contributed by atoms with Crippen LogP contribution < -0.4 is 5.32 Å². The van der Waals surface area contributed by atoms with E-state index in [4.69, 9.17) is 0 Å². The quantitative estimate of drug-likeness (QED) is 0.780. The number of rotatable bonds is 7. The molecular formula is C15H32N2O2S. The van der Waals surface area contributed by atoms with E-state index < -0.39 is 9.84 Å². The van der Waals surface area contributed by atoms with Gasteiger partial charge in [0.1, 0.15) is 9.84 Å². The minimum atomic E-state index is -2.87. The molecule has 0 aromatic heterocycles. The molecule has 1 aliphatic rings. The van der Waals surface area contributed by atoms with Gasteiger partial charge in [-0.2, -0.15) is 0 Å². The maximum atomic E-state index is 11.3. The van der Waals surface area contributed by atoms with E-state index in [1.807, 2.05) is 7.05 Å². The minimum Gasteiger partial charge on any atom is -0.311 e. The number of hydrogen-bond donors (Lipinski definition) is 1. The van der Waals surface area contributed by atoms with E-state index >= 15 is 0 Å². The highest BCUT2D eigenvalue weighted by Crippen LogP contribution is 2.38. The van der Waals surface area contributed by atoms with Gasteiger partial charge in [0, 0.05) is 31.4 Å². The van der Waals surface area contributed by atoms with Crippen LogP contribution in [-0.4, -0.2) is 57.5 Å². The van der Waals surface area contributed by atoms with Crippen LogP contribution in [0.2, 0.25) is 0 Å². The van der Waals surface area contributed by atoms with Gasteiger partial charge in [-0.05, 0) is 46.1 Å². The molecule has 0 aromatic rings. The fourth-order valence-corrected chi connectivity index (χ4v) is 3.59. The van der Waals surface area contributed by atoms with Crippen LogP contribution in [0, 0.1) is 5.41 Å². The molecule has 1 aliphatic carbocycles. The topological polar surface area (TPSA) is 49.4 Å². The van der Waals surface area contributed by atoms with Gasteiger partial charge in [0.25, 0.3) is 0 Å². The maximum Gasteiger partial charge on any atom is 0.148 e. The smallest absolute Gasteiger partial charge is 0.148 e. The van der Waals surface area contributed by atoms with Gasteiger partial charge >= 0.3 is 0 Å². The SMILES string of the molecule is CN(CCS(C)(=O)=O)CC1(CNC(C)(C)C)CCCC1. The molecule has 0 saturated heterocycles. The Hall–Kier alpha value is -0.130. The van der Waals surface area contributed by atoms with Crippen molar-refractivity contribution < 1.29 is 8.42 Å². The molecule has 1 rings (SSSR count). The van der Waals surface area contributed by atoms with Gasteiger partial charge in [-0.25, -0.2) is 8.42 Å². The minimum absolute atomic E-state index is 0.140. The summed E-state index contributed by atoms with van der Waals surface area (Å²) in [7, 11) is -0.821. The first kappa shape index (κ1) is 17.9. The average Bonchev–Trinajstić information content (AvgIpc) is 2.71. The van der Waals surface area contributed by atoms with Crippen molar-refractivity contribution in [2.45, 2.75) is 52.0 Å². The first-order valence-electron chi connectivity index (χ1n) is 7.63. The summed E-state index contributed by atoms with van der Waals surface area (Å²) in [6.45, 7) is 9.25. The Bertz CT molecular complexity index is 393. The van der Waals surface area contributed by atoms with Crippen molar-refractivity contribution in [3.8, 4) is 0 Å². The molecule has 120 valence electrons. The fraction of sp³-hybridized carbons (Fsp3) is 1.00. The molecule has 1 fully saturated rings. The van der Waals surface area contributed by atoms with E-state index in [1.54, 1.807) is 0 Å². The van der Waals surface area contributed by atoms with E-state index in [0.29, 0.717) is 12.0 Å². The van der Waals surface area contributed by atoms with Gasteiger partial charge in [0.2, 0.25) is 0 Å². The molecule has 0 aliphatic heterocycles. The lowest BCUT2D eigenvalue weighted by atomic mass is 9.84. The third-order valence-electron chi connectivity index (χ3n) is 4.11. The Morgan fingerprint density at radius 1 is 1.20 bits per heavy atom. The van der Waals surface area contributed by atoms with Crippen LogP contribution >= 0.6 is 0 Å². The highest BCUT2D eigenvalue weighted by Gasteiger charge is 2.35. The summed E-state index contributed by atoms with van der Waals surface area (Å²) >= 11 is 0. The van der Waals surface area contributed by atoms with E-state index in [9.17, 15) is 8.42 Å². The molecule has 0 atom stereocenters. The van der Waals surface area contributed by atoms with Crippen LogP contribution in [0.3, 0.4) is 0 Å². The van der Waals surface area contributed by atoms with Crippen LogP contribution in [0.5, 0.6) is 0 Å². The van der Waals surface area contributed by atoms with Gasteiger partial charge in [-0.3, -0.25) is 0 Å². The Kier molecular flexibility index (Phi) is 6.05. The molecule has 5 heteroatoms. The lowest BCUT2D eigenvalue weighted by Gasteiger charge is -2.36. The normalized spacial score (nSPS) is 19.7. The summed E-state index contributed by atoms with van der Waals surface area (Å²) in [6.07, 6.45) is 6.41. The van der Waals surface area contributed by atoms with Gasteiger partial charge in [-0.15, -0.1) is 0 Å². The summed E-state index contributed by atoms with van der Waals surface area (Å²) in [5, 5.41) is 3.64. The highest BCUT2D eigenvalue weighted by atomic mass is 32.2. The third kappa shape index (κ3) is 7.04. The van der Waals surface area contributed by atoms with E-state index in [2.05, 4.69) is 31.0 Å². The van der Waals surface area contributed by atoms with Crippen LogP contribution in [0.25, 0.3) is 0 Å². The fourth-order valence-electron chi connectivity index (χ4n) is 2.94. The molecule has 0 unspecified atom stereocenters. The Morgan fingerprint density at radius 2 is 1.75 bits per heavy atom. The zero-order valence-electron chi connectivity index (χ0n) is 13.8. The molecule has 0 aromatic carbocycles. The van der Waals surface area contributed by atoms with Crippen molar-refractivity contribution in [2.75, 3.05) is 38.7 Å². The largest absolute Gasteiger partial charge is 0.311 e. The maximum absolute atomic E-state index is 11.3. The second kappa shape index (κ2) is 6.75. The molecule has 0 amide bonds. The van der Waals surface area contributed by atoms with Crippen molar-refractivity contribution in [3.63, 3.8) is 0 Å². The zero-order chi connectivity index (χ0) is 15.4. The van der Waals surface area contributed by atoms with Gasteiger partial charge in [0.05, 0.1) is 5.75 Å².